The summed E-state index contributed by atoms with van der Waals surface area (Å²) in [6.07, 6.45) is 1.58. The molecule has 2 rings (SSSR count). The standard InChI is InChI=1S/C17H18Cl2FN/c1-2-9-21-17(11-12-5-3-4-6-16(12)20)13-7-8-14(18)15(19)10-13/h3-8,10,17,21H,2,9,11H2,1H3. The van der Waals surface area contributed by atoms with Gasteiger partial charge in [-0.25, -0.2) is 4.39 Å². The average molecular weight is 326 g/mol. The van der Waals surface area contributed by atoms with E-state index < -0.39 is 0 Å². The molecule has 0 spiro atoms. The molecule has 1 nitrogen and oxygen atoms in total. The Morgan fingerprint density at radius 1 is 1.10 bits per heavy atom. The highest BCUT2D eigenvalue weighted by molar-refractivity contribution is 6.42. The molecule has 1 atom stereocenters. The molecule has 2 aromatic rings. The Hall–Kier alpha value is -1.09. The monoisotopic (exact) mass is 325 g/mol. The van der Waals surface area contributed by atoms with Gasteiger partial charge >= 0.3 is 0 Å². The first kappa shape index (κ1) is 16.3. The van der Waals surface area contributed by atoms with Crippen LogP contribution in [0.1, 0.15) is 30.5 Å². The lowest BCUT2D eigenvalue weighted by Gasteiger charge is -2.20. The molecule has 0 amide bonds. The maximum Gasteiger partial charge on any atom is 0.126 e. The number of halogens is 3. The topological polar surface area (TPSA) is 12.0 Å². The minimum Gasteiger partial charge on any atom is -0.310 e. The van der Waals surface area contributed by atoms with Crippen LogP contribution in [0.5, 0.6) is 0 Å². The number of hydrogen-bond donors (Lipinski definition) is 1. The van der Waals surface area contributed by atoms with Crippen LogP contribution in [0, 0.1) is 5.82 Å². The summed E-state index contributed by atoms with van der Waals surface area (Å²) in [6.45, 7) is 2.96. The first-order chi connectivity index (χ1) is 10.1. The van der Waals surface area contributed by atoms with E-state index in [1.807, 2.05) is 24.3 Å². The minimum absolute atomic E-state index is 0.0108. The number of rotatable bonds is 6. The minimum atomic E-state index is -0.180. The Bertz CT molecular complexity index is 601. The lowest BCUT2D eigenvalue weighted by atomic mass is 9.98. The molecule has 0 aromatic heterocycles. The van der Waals surface area contributed by atoms with Crippen LogP contribution in [0.2, 0.25) is 10.0 Å². The molecule has 0 aliphatic rings. The third-order valence-corrected chi connectivity index (χ3v) is 4.11. The van der Waals surface area contributed by atoms with Crippen LogP contribution in [0.4, 0.5) is 4.39 Å². The van der Waals surface area contributed by atoms with Gasteiger partial charge in [0.1, 0.15) is 5.82 Å². The van der Waals surface area contributed by atoms with Gasteiger partial charge in [-0.2, -0.15) is 0 Å². The second-order valence-electron chi connectivity index (χ2n) is 4.98. The molecule has 1 N–H and O–H groups in total. The Balaban J connectivity index is 2.25. The van der Waals surface area contributed by atoms with Gasteiger partial charge in [0.05, 0.1) is 10.0 Å². The van der Waals surface area contributed by atoms with Gasteiger partial charge in [-0.15, -0.1) is 0 Å². The SMILES string of the molecule is CCCNC(Cc1ccccc1F)c1ccc(Cl)c(Cl)c1. The van der Waals surface area contributed by atoms with Crippen molar-refractivity contribution >= 4 is 23.2 Å². The molecule has 0 aliphatic carbocycles. The van der Waals surface area contributed by atoms with Crippen molar-refractivity contribution in [2.24, 2.45) is 0 Å². The van der Waals surface area contributed by atoms with Crippen LogP contribution in [0.3, 0.4) is 0 Å². The van der Waals surface area contributed by atoms with E-state index in [-0.39, 0.29) is 11.9 Å². The molecule has 0 saturated carbocycles. The van der Waals surface area contributed by atoms with E-state index >= 15 is 0 Å². The second-order valence-corrected chi connectivity index (χ2v) is 5.79. The lowest BCUT2D eigenvalue weighted by molar-refractivity contribution is 0.513. The van der Waals surface area contributed by atoms with Crippen LogP contribution < -0.4 is 5.32 Å². The zero-order chi connectivity index (χ0) is 15.2. The Morgan fingerprint density at radius 3 is 2.52 bits per heavy atom. The quantitative estimate of drug-likeness (QED) is 0.748. The van der Waals surface area contributed by atoms with E-state index in [1.54, 1.807) is 12.1 Å². The predicted molar refractivity (Wildman–Crippen MR) is 87.6 cm³/mol. The number of hydrogen-bond acceptors (Lipinski definition) is 1. The van der Waals surface area contributed by atoms with Gasteiger partial charge in [-0.05, 0) is 48.7 Å². The zero-order valence-corrected chi connectivity index (χ0v) is 13.4. The van der Waals surface area contributed by atoms with Crippen molar-refractivity contribution in [3.8, 4) is 0 Å². The second kappa shape index (κ2) is 7.79. The van der Waals surface area contributed by atoms with Gasteiger partial charge in [0.2, 0.25) is 0 Å². The normalized spacial score (nSPS) is 12.4. The molecule has 0 heterocycles. The highest BCUT2D eigenvalue weighted by atomic mass is 35.5. The maximum absolute atomic E-state index is 13.9. The fourth-order valence-electron chi connectivity index (χ4n) is 2.24. The summed E-state index contributed by atoms with van der Waals surface area (Å²) in [7, 11) is 0. The summed E-state index contributed by atoms with van der Waals surface area (Å²) in [6, 6.07) is 12.4. The van der Waals surface area contributed by atoms with E-state index in [2.05, 4.69) is 12.2 Å². The van der Waals surface area contributed by atoms with Crippen LogP contribution in [-0.4, -0.2) is 6.54 Å². The third kappa shape index (κ3) is 4.44. The molecule has 21 heavy (non-hydrogen) atoms. The zero-order valence-electron chi connectivity index (χ0n) is 11.9. The van der Waals surface area contributed by atoms with E-state index in [1.165, 1.54) is 6.07 Å². The molecule has 4 heteroatoms. The summed E-state index contributed by atoms with van der Waals surface area (Å²) in [4.78, 5) is 0. The largest absolute Gasteiger partial charge is 0.310 e. The number of nitrogens with one attached hydrogen (secondary N) is 1. The Kier molecular flexibility index (Phi) is 6.04. The first-order valence-corrected chi connectivity index (χ1v) is 7.79. The summed E-state index contributed by atoms with van der Waals surface area (Å²) in [5, 5.41) is 4.49. The number of benzene rings is 2. The Labute approximate surface area is 135 Å². The first-order valence-electron chi connectivity index (χ1n) is 7.03. The van der Waals surface area contributed by atoms with Crippen molar-refractivity contribution in [3.05, 3.63) is 69.5 Å². The molecule has 0 saturated heterocycles. The van der Waals surface area contributed by atoms with E-state index in [0.29, 0.717) is 22.0 Å². The summed E-state index contributed by atoms with van der Waals surface area (Å²) in [5.74, 6) is -0.180. The van der Waals surface area contributed by atoms with Crippen LogP contribution >= 0.6 is 23.2 Å². The Morgan fingerprint density at radius 2 is 1.86 bits per heavy atom. The van der Waals surface area contributed by atoms with Crippen molar-refractivity contribution < 1.29 is 4.39 Å². The molecular formula is C17H18Cl2FN. The molecule has 1 unspecified atom stereocenters. The fourth-order valence-corrected chi connectivity index (χ4v) is 2.55. The molecule has 0 aliphatic heterocycles. The van der Waals surface area contributed by atoms with Gasteiger partial charge in [-0.3, -0.25) is 0 Å². The van der Waals surface area contributed by atoms with Crippen molar-refractivity contribution in [1.29, 1.82) is 0 Å². The molecular weight excluding hydrogens is 308 g/mol. The van der Waals surface area contributed by atoms with Gasteiger partial charge in [0, 0.05) is 6.04 Å². The third-order valence-electron chi connectivity index (χ3n) is 3.37. The van der Waals surface area contributed by atoms with E-state index in [0.717, 1.165) is 18.5 Å². The van der Waals surface area contributed by atoms with Crippen molar-refractivity contribution in [2.75, 3.05) is 6.54 Å². The summed E-state index contributed by atoms with van der Waals surface area (Å²) >= 11 is 12.1. The lowest BCUT2D eigenvalue weighted by Crippen LogP contribution is -2.24. The van der Waals surface area contributed by atoms with Crippen molar-refractivity contribution in [3.63, 3.8) is 0 Å². The van der Waals surface area contributed by atoms with Crippen LogP contribution in [0.25, 0.3) is 0 Å². The van der Waals surface area contributed by atoms with E-state index in [9.17, 15) is 4.39 Å². The van der Waals surface area contributed by atoms with Gasteiger partial charge in [-0.1, -0.05) is 54.4 Å². The molecule has 0 radical (unpaired) electrons. The van der Waals surface area contributed by atoms with Crippen LogP contribution in [-0.2, 0) is 6.42 Å². The predicted octanol–water partition coefficient (Wildman–Crippen LogP) is 5.42. The van der Waals surface area contributed by atoms with Gasteiger partial charge in [0.25, 0.3) is 0 Å². The highest BCUT2D eigenvalue weighted by Crippen LogP contribution is 2.27. The summed E-state index contributed by atoms with van der Waals surface area (Å²) < 4.78 is 13.9. The van der Waals surface area contributed by atoms with Crippen LogP contribution in [0.15, 0.2) is 42.5 Å². The average Bonchev–Trinajstić information content (AvgIpc) is 2.48. The molecule has 0 fully saturated rings. The maximum atomic E-state index is 13.9. The van der Waals surface area contributed by atoms with Gasteiger partial charge in [0.15, 0.2) is 0 Å². The molecule has 0 bridgehead atoms. The highest BCUT2D eigenvalue weighted by Gasteiger charge is 2.15. The molecule has 2 aromatic carbocycles. The van der Waals surface area contributed by atoms with E-state index in [4.69, 9.17) is 23.2 Å². The van der Waals surface area contributed by atoms with Crippen molar-refractivity contribution in [1.82, 2.24) is 5.32 Å². The molecule has 112 valence electrons. The van der Waals surface area contributed by atoms with Gasteiger partial charge < -0.3 is 5.32 Å². The van der Waals surface area contributed by atoms with Crippen molar-refractivity contribution in [2.45, 2.75) is 25.8 Å². The smallest absolute Gasteiger partial charge is 0.126 e. The fraction of sp³-hybridized carbons (Fsp3) is 0.294. The summed E-state index contributed by atoms with van der Waals surface area (Å²) in [5.41, 5.74) is 1.71.